The predicted octanol–water partition coefficient (Wildman–Crippen LogP) is -0.260. The Labute approximate surface area is 114 Å². The molecule has 6 nitrogen and oxygen atoms in total. The van der Waals surface area contributed by atoms with Crippen molar-refractivity contribution in [1.82, 2.24) is 15.5 Å². The summed E-state index contributed by atoms with van der Waals surface area (Å²) in [4.78, 5) is 25.0. The zero-order valence-corrected chi connectivity index (χ0v) is 11.9. The van der Waals surface area contributed by atoms with Crippen LogP contribution in [0.2, 0.25) is 0 Å². The third-order valence-corrected chi connectivity index (χ3v) is 3.19. The molecule has 1 aliphatic rings. The zero-order chi connectivity index (χ0) is 14.1. The summed E-state index contributed by atoms with van der Waals surface area (Å²) in [6.07, 6.45) is 2.65. The molecule has 0 spiro atoms. The molecule has 0 aromatic heterocycles. The van der Waals surface area contributed by atoms with Gasteiger partial charge >= 0.3 is 0 Å². The fourth-order valence-electron chi connectivity index (χ4n) is 2.15. The number of piperidine rings is 1. The first-order valence-electron chi connectivity index (χ1n) is 6.94. The molecule has 1 fully saturated rings. The van der Waals surface area contributed by atoms with Crippen molar-refractivity contribution in [1.29, 1.82) is 0 Å². The standard InChI is InChI=1S/C13H25N3O3/c1-3-6-14-9-12(17)15-11-4-7-16(8-5-11)13(18)10-19-2/h11,14H,3-10H2,1-2H3,(H,15,17). The van der Waals surface area contributed by atoms with Crippen molar-refractivity contribution >= 4 is 11.8 Å². The number of carbonyl (C=O) groups is 2. The Kier molecular flexibility index (Phi) is 7.43. The highest BCUT2D eigenvalue weighted by Crippen LogP contribution is 2.10. The van der Waals surface area contributed by atoms with E-state index in [0.717, 1.165) is 25.8 Å². The lowest BCUT2D eigenvalue weighted by molar-refractivity contribution is -0.136. The minimum atomic E-state index is 0.0249. The molecule has 1 saturated heterocycles. The van der Waals surface area contributed by atoms with Gasteiger partial charge in [0, 0.05) is 26.2 Å². The van der Waals surface area contributed by atoms with Crippen molar-refractivity contribution in [3.8, 4) is 0 Å². The highest BCUT2D eigenvalue weighted by Gasteiger charge is 2.23. The van der Waals surface area contributed by atoms with Crippen LogP contribution in [-0.4, -0.2) is 62.7 Å². The number of hydrogen-bond donors (Lipinski definition) is 2. The van der Waals surface area contributed by atoms with Crippen molar-refractivity contribution in [2.75, 3.05) is 39.9 Å². The fourth-order valence-corrected chi connectivity index (χ4v) is 2.15. The molecular formula is C13H25N3O3. The molecule has 1 aliphatic heterocycles. The van der Waals surface area contributed by atoms with E-state index in [2.05, 4.69) is 17.6 Å². The van der Waals surface area contributed by atoms with Crippen LogP contribution in [0.15, 0.2) is 0 Å². The first-order valence-corrected chi connectivity index (χ1v) is 6.94. The van der Waals surface area contributed by atoms with E-state index in [1.54, 1.807) is 4.90 Å². The van der Waals surface area contributed by atoms with E-state index in [-0.39, 0.29) is 24.5 Å². The van der Waals surface area contributed by atoms with Crippen LogP contribution in [0.5, 0.6) is 0 Å². The molecule has 0 aromatic carbocycles. The van der Waals surface area contributed by atoms with Crippen molar-refractivity contribution in [3.05, 3.63) is 0 Å². The Morgan fingerprint density at radius 1 is 1.32 bits per heavy atom. The second-order valence-corrected chi connectivity index (χ2v) is 4.83. The largest absolute Gasteiger partial charge is 0.375 e. The average molecular weight is 271 g/mol. The van der Waals surface area contributed by atoms with Gasteiger partial charge in [-0.3, -0.25) is 9.59 Å². The average Bonchev–Trinajstić information content (AvgIpc) is 2.40. The fraction of sp³-hybridized carbons (Fsp3) is 0.846. The molecule has 0 radical (unpaired) electrons. The number of ether oxygens (including phenoxy) is 1. The van der Waals surface area contributed by atoms with Gasteiger partial charge in [-0.15, -0.1) is 0 Å². The molecule has 0 atom stereocenters. The predicted molar refractivity (Wildman–Crippen MR) is 72.8 cm³/mol. The van der Waals surface area contributed by atoms with Crippen molar-refractivity contribution in [2.45, 2.75) is 32.2 Å². The Morgan fingerprint density at radius 2 is 2.00 bits per heavy atom. The van der Waals surface area contributed by atoms with Gasteiger partial charge in [0.2, 0.25) is 11.8 Å². The maximum absolute atomic E-state index is 11.6. The Bertz CT molecular complexity index is 289. The van der Waals surface area contributed by atoms with E-state index in [0.29, 0.717) is 19.6 Å². The molecule has 0 unspecified atom stereocenters. The lowest BCUT2D eigenvalue weighted by Gasteiger charge is -2.32. The monoisotopic (exact) mass is 271 g/mol. The van der Waals surface area contributed by atoms with Gasteiger partial charge in [-0.05, 0) is 25.8 Å². The summed E-state index contributed by atoms with van der Waals surface area (Å²) in [5.74, 6) is 0.0620. The molecule has 1 rings (SSSR count). The Balaban J connectivity index is 2.19. The summed E-state index contributed by atoms with van der Waals surface area (Å²) in [5.41, 5.74) is 0. The van der Waals surface area contributed by atoms with Gasteiger partial charge in [0.15, 0.2) is 0 Å². The number of hydrogen-bond acceptors (Lipinski definition) is 4. The summed E-state index contributed by atoms with van der Waals surface area (Å²) >= 11 is 0. The van der Waals surface area contributed by atoms with Crippen LogP contribution in [0.25, 0.3) is 0 Å². The van der Waals surface area contributed by atoms with Gasteiger partial charge < -0.3 is 20.3 Å². The topological polar surface area (TPSA) is 70.7 Å². The molecule has 0 saturated carbocycles. The highest BCUT2D eigenvalue weighted by atomic mass is 16.5. The maximum Gasteiger partial charge on any atom is 0.248 e. The number of nitrogens with zero attached hydrogens (tertiary/aromatic N) is 1. The van der Waals surface area contributed by atoms with Gasteiger partial charge in [-0.25, -0.2) is 0 Å². The Hall–Kier alpha value is -1.14. The zero-order valence-electron chi connectivity index (χ0n) is 11.9. The van der Waals surface area contributed by atoms with Crippen LogP contribution in [-0.2, 0) is 14.3 Å². The molecular weight excluding hydrogens is 246 g/mol. The highest BCUT2D eigenvalue weighted by molar-refractivity contribution is 5.79. The number of methoxy groups -OCH3 is 1. The van der Waals surface area contributed by atoms with Crippen LogP contribution in [0, 0.1) is 0 Å². The van der Waals surface area contributed by atoms with Gasteiger partial charge in [0.25, 0.3) is 0 Å². The molecule has 2 amide bonds. The molecule has 0 aromatic rings. The van der Waals surface area contributed by atoms with E-state index in [1.807, 2.05) is 0 Å². The Morgan fingerprint density at radius 3 is 2.58 bits per heavy atom. The molecule has 110 valence electrons. The van der Waals surface area contributed by atoms with Crippen molar-refractivity contribution < 1.29 is 14.3 Å². The SMILES string of the molecule is CCCNCC(=O)NC1CCN(C(=O)COC)CC1. The lowest BCUT2D eigenvalue weighted by atomic mass is 10.0. The molecule has 0 aliphatic carbocycles. The van der Waals surface area contributed by atoms with Crippen LogP contribution in [0.4, 0.5) is 0 Å². The third-order valence-electron chi connectivity index (χ3n) is 3.19. The minimum absolute atomic E-state index is 0.0249. The van der Waals surface area contributed by atoms with E-state index in [9.17, 15) is 9.59 Å². The quantitative estimate of drug-likeness (QED) is 0.626. The number of likely N-dealkylation sites (tertiary alicyclic amines) is 1. The van der Waals surface area contributed by atoms with Crippen LogP contribution >= 0.6 is 0 Å². The van der Waals surface area contributed by atoms with Crippen LogP contribution < -0.4 is 10.6 Å². The number of carbonyl (C=O) groups excluding carboxylic acids is 2. The summed E-state index contributed by atoms with van der Waals surface area (Å²) in [6, 6.07) is 0.183. The summed E-state index contributed by atoms with van der Waals surface area (Å²) in [7, 11) is 1.52. The number of amides is 2. The van der Waals surface area contributed by atoms with E-state index >= 15 is 0 Å². The van der Waals surface area contributed by atoms with Gasteiger partial charge in [-0.1, -0.05) is 6.92 Å². The lowest BCUT2D eigenvalue weighted by Crippen LogP contribution is -2.48. The van der Waals surface area contributed by atoms with E-state index in [1.165, 1.54) is 7.11 Å². The molecule has 0 bridgehead atoms. The van der Waals surface area contributed by atoms with Crippen molar-refractivity contribution in [2.24, 2.45) is 0 Å². The van der Waals surface area contributed by atoms with Gasteiger partial charge in [-0.2, -0.15) is 0 Å². The summed E-state index contributed by atoms with van der Waals surface area (Å²) in [6.45, 7) is 4.81. The summed E-state index contributed by atoms with van der Waals surface area (Å²) < 4.78 is 4.83. The number of nitrogens with one attached hydrogen (secondary N) is 2. The number of rotatable bonds is 7. The first-order chi connectivity index (χ1) is 9.17. The van der Waals surface area contributed by atoms with Crippen molar-refractivity contribution in [3.63, 3.8) is 0 Å². The summed E-state index contributed by atoms with van der Waals surface area (Å²) in [5, 5.41) is 6.07. The normalized spacial score (nSPS) is 16.4. The molecule has 6 heteroatoms. The van der Waals surface area contributed by atoms with Gasteiger partial charge in [0.1, 0.15) is 6.61 Å². The smallest absolute Gasteiger partial charge is 0.248 e. The van der Waals surface area contributed by atoms with Crippen LogP contribution in [0.1, 0.15) is 26.2 Å². The molecule has 1 heterocycles. The third kappa shape index (κ3) is 6.02. The minimum Gasteiger partial charge on any atom is -0.375 e. The van der Waals surface area contributed by atoms with Crippen LogP contribution in [0.3, 0.4) is 0 Å². The van der Waals surface area contributed by atoms with Gasteiger partial charge in [0.05, 0.1) is 6.54 Å². The first kappa shape index (κ1) is 15.9. The maximum atomic E-state index is 11.6. The van der Waals surface area contributed by atoms with E-state index in [4.69, 9.17) is 4.74 Å². The second-order valence-electron chi connectivity index (χ2n) is 4.83. The second kappa shape index (κ2) is 8.87. The van der Waals surface area contributed by atoms with E-state index < -0.39 is 0 Å². The molecule has 2 N–H and O–H groups in total. The molecule has 19 heavy (non-hydrogen) atoms.